The normalized spacial score (nSPS) is 11.2. The summed E-state index contributed by atoms with van der Waals surface area (Å²) in [6.45, 7) is 3.84. The minimum absolute atomic E-state index is 0.179. The van der Waals surface area contributed by atoms with Gasteiger partial charge in [0.05, 0.1) is 16.2 Å². The molecule has 0 saturated heterocycles. The lowest BCUT2D eigenvalue weighted by atomic mass is 10.1. The van der Waals surface area contributed by atoms with E-state index in [-0.39, 0.29) is 10.6 Å². The Morgan fingerprint density at radius 1 is 0.889 bits per heavy atom. The summed E-state index contributed by atoms with van der Waals surface area (Å²) in [6.07, 6.45) is 0. The molecule has 0 unspecified atom stereocenters. The molecule has 3 aromatic carbocycles. The van der Waals surface area contributed by atoms with E-state index in [9.17, 15) is 13.2 Å². The van der Waals surface area contributed by atoms with Crippen molar-refractivity contribution in [2.24, 2.45) is 0 Å². The smallest absolute Gasteiger partial charge is 0.343 e. The predicted molar refractivity (Wildman–Crippen MR) is 105 cm³/mol. The highest BCUT2D eigenvalue weighted by Gasteiger charge is 2.17. The minimum Gasteiger partial charge on any atom is -0.423 e. The van der Waals surface area contributed by atoms with Crippen LogP contribution in [-0.4, -0.2) is 14.4 Å². The number of esters is 1. The van der Waals surface area contributed by atoms with Crippen LogP contribution >= 0.6 is 0 Å². The highest BCUT2D eigenvalue weighted by Crippen LogP contribution is 2.21. The quantitative estimate of drug-likeness (QED) is 0.483. The summed E-state index contributed by atoms with van der Waals surface area (Å²) in [7, 11) is -3.48. The molecule has 0 N–H and O–H groups in total. The van der Waals surface area contributed by atoms with Crippen LogP contribution in [0.2, 0.25) is 0 Å². The lowest BCUT2D eigenvalue weighted by Crippen LogP contribution is -2.11. The molecule has 27 heavy (non-hydrogen) atoms. The average molecular weight is 380 g/mol. The van der Waals surface area contributed by atoms with Crippen molar-refractivity contribution in [3.63, 3.8) is 0 Å². The highest BCUT2D eigenvalue weighted by molar-refractivity contribution is 7.90. The second-order valence-corrected chi connectivity index (χ2v) is 8.42. The van der Waals surface area contributed by atoms with E-state index < -0.39 is 15.8 Å². The van der Waals surface area contributed by atoms with Crippen molar-refractivity contribution in [1.82, 2.24) is 0 Å². The number of benzene rings is 3. The van der Waals surface area contributed by atoms with Crippen molar-refractivity contribution in [2.75, 3.05) is 0 Å². The standard InChI is InChI=1S/C22H20O4S/c1-16-11-12-21(17(2)13-16)26-22(23)19-8-6-7-18(14-19)15-27(24,25)20-9-4-3-5-10-20/h3-14H,15H2,1-2H3. The fourth-order valence-corrected chi connectivity index (χ4v) is 4.15. The van der Waals surface area contributed by atoms with Gasteiger partial charge >= 0.3 is 5.97 Å². The van der Waals surface area contributed by atoms with Crippen LogP contribution in [0.5, 0.6) is 5.75 Å². The van der Waals surface area contributed by atoms with E-state index in [0.29, 0.717) is 16.9 Å². The van der Waals surface area contributed by atoms with Gasteiger partial charge in [0.15, 0.2) is 9.84 Å². The van der Waals surface area contributed by atoms with Gasteiger partial charge in [0.2, 0.25) is 0 Å². The molecule has 0 aromatic heterocycles. The molecule has 0 aliphatic heterocycles. The van der Waals surface area contributed by atoms with Crippen molar-refractivity contribution < 1.29 is 17.9 Å². The number of ether oxygens (including phenoxy) is 1. The molecular weight excluding hydrogens is 360 g/mol. The van der Waals surface area contributed by atoms with Crippen LogP contribution in [-0.2, 0) is 15.6 Å². The number of hydrogen-bond acceptors (Lipinski definition) is 4. The van der Waals surface area contributed by atoms with Gasteiger partial charge < -0.3 is 4.74 Å². The molecule has 0 aliphatic carbocycles. The van der Waals surface area contributed by atoms with E-state index in [2.05, 4.69) is 0 Å². The van der Waals surface area contributed by atoms with Gasteiger partial charge in [-0.1, -0.05) is 48.0 Å². The number of carbonyl (C=O) groups excluding carboxylic acids is 1. The number of hydrogen-bond donors (Lipinski definition) is 0. The Kier molecular flexibility index (Phi) is 5.42. The Bertz CT molecular complexity index is 1070. The molecule has 0 heterocycles. The van der Waals surface area contributed by atoms with Gasteiger partial charge in [-0.3, -0.25) is 0 Å². The summed E-state index contributed by atoms with van der Waals surface area (Å²) in [6, 6.07) is 20.4. The average Bonchev–Trinajstić information content (AvgIpc) is 2.64. The summed E-state index contributed by atoms with van der Waals surface area (Å²) < 4.78 is 30.5. The first kappa shape index (κ1) is 18.9. The van der Waals surface area contributed by atoms with E-state index >= 15 is 0 Å². The molecule has 3 rings (SSSR count). The Morgan fingerprint density at radius 2 is 1.63 bits per heavy atom. The third-order valence-electron chi connectivity index (χ3n) is 4.15. The lowest BCUT2D eigenvalue weighted by Gasteiger charge is -2.09. The zero-order valence-corrected chi connectivity index (χ0v) is 16.0. The SMILES string of the molecule is Cc1ccc(OC(=O)c2cccc(CS(=O)(=O)c3ccccc3)c2)c(C)c1. The van der Waals surface area contributed by atoms with Crippen LogP contribution in [0.1, 0.15) is 27.0 Å². The highest BCUT2D eigenvalue weighted by atomic mass is 32.2. The van der Waals surface area contributed by atoms with Crippen LogP contribution in [0.3, 0.4) is 0 Å². The van der Waals surface area contributed by atoms with Crippen molar-refractivity contribution in [3.8, 4) is 5.75 Å². The van der Waals surface area contributed by atoms with Gasteiger partial charge in [-0.25, -0.2) is 13.2 Å². The Balaban J connectivity index is 1.80. The van der Waals surface area contributed by atoms with Gasteiger partial charge in [-0.15, -0.1) is 0 Å². The maximum Gasteiger partial charge on any atom is 0.343 e. The summed E-state index contributed by atoms with van der Waals surface area (Å²) in [4.78, 5) is 12.7. The second kappa shape index (κ2) is 7.76. The van der Waals surface area contributed by atoms with Gasteiger partial charge in [0, 0.05) is 0 Å². The first-order valence-electron chi connectivity index (χ1n) is 8.51. The fourth-order valence-electron chi connectivity index (χ4n) is 2.79. The molecule has 0 amide bonds. The summed E-state index contributed by atoms with van der Waals surface area (Å²) in [5, 5.41) is 0. The molecule has 3 aromatic rings. The van der Waals surface area contributed by atoms with Crippen LogP contribution in [0.4, 0.5) is 0 Å². The fraction of sp³-hybridized carbons (Fsp3) is 0.136. The Hall–Kier alpha value is -2.92. The van der Waals surface area contributed by atoms with Crippen molar-refractivity contribution in [3.05, 3.63) is 95.1 Å². The number of rotatable bonds is 5. The Labute approximate surface area is 159 Å². The first-order chi connectivity index (χ1) is 12.8. The second-order valence-electron chi connectivity index (χ2n) is 6.43. The molecule has 0 fully saturated rings. The molecule has 0 aliphatic rings. The molecule has 0 radical (unpaired) electrons. The van der Waals surface area contributed by atoms with E-state index in [1.807, 2.05) is 26.0 Å². The summed E-state index contributed by atoms with van der Waals surface area (Å²) in [5.74, 6) is -0.198. The molecule has 0 bridgehead atoms. The van der Waals surface area contributed by atoms with E-state index in [1.54, 1.807) is 60.7 Å². The van der Waals surface area contributed by atoms with E-state index in [1.165, 1.54) is 0 Å². The third-order valence-corrected chi connectivity index (χ3v) is 5.86. The van der Waals surface area contributed by atoms with Crippen molar-refractivity contribution >= 4 is 15.8 Å². The molecule has 138 valence electrons. The molecule has 0 saturated carbocycles. The van der Waals surface area contributed by atoms with E-state index in [4.69, 9.17) is 4.74 Å². The van der Waals surface area contributed by atoms with Crippen LogP contribution < -0.4 is 4.74 Å². The number of sulfone groups is 1. The van der Waals surface area contributed by atoms with E-state index in [0.717, 1.165) is 11.1 Å². The maximum absolute atomic E-state index is 12.5. The largest absolute Gasteiger partial charge is 0.423 e. The number of aryl methyl sites for hydroxylation is 2. The summed E-state index contributed by atoms with van der Waals surface area (Å²) in [5.41, 5.74) is 2.80. The number of carbonyl (C=O) groups is 1. The Morgan fingerprint density at radius 3 is 2.33 bits per heavy atom. The molecule has 0 spiro atoms. The monoisotopic (exact) mass is 380 g/mol. The van der Waals surface area contributed by atoms with Gasteiger partial charge in [0.1, 0.15) is 5.75 Å². The molecular formula is C22H20O4S. The zero-order chi connectivity index (χ0) is 19.4. The topological polar surface area (TPSA) is 60.4 Å². The maximum atomic E-state index is 12.5. The predicted octanol–water partition coefficient (Wildman–Crippen LogP) is 4.50. The zero-order valence-electron chi connectivity index (χ0n) is 15.2. The minimum atomic E-state index is -3.48. The third kappa shape index (κ3) is 4.63. The molecule has 4 nitrogen and oxygen atoms in total. The lowest BCUT2D eigenvalue weighted by molar-refractivity contribution is 0.0733. The van der Waals surface area contributed by atoms with Gasteiger partial charge in [-0.05, 0) is 55.3 Å². The van der Waals surface area contributed by atoms with Crippen molar-refractivity contribution in [1.29, 1.82) is 0 Å². The molecule has 0 atom stereocenters. The molecule has 5 heteroatoms. The van der Waals surface area contributed by atoms with Crippen LogP contribution in [0.25, 0.3) is 0 Å². The van der Waals surface area contributed by atoms with Crippen molar-refractivity contribution in [2.45, 2.75) is 24.5 Å². The van der Waals surface area contributed by atoms with Gasteiger partial charge in [0.25, 0.3) is 0 Å². The van der Waals surface area contributed by atoms with Gasteiger partial charge in [-0.2, -0.15) is 0 Å². The van der Waals surface area contributed by atoms with Crippen LogP contribution in [0.15, 0.2) is 77.7 Å². The first-order valence-corrected chi connectivity index (χ1v) is 10.2. The summed E-state index contributed by atoms with van der Waals surface area (Å²) >= 11 is 0. The van der Waals surface area contributed by atoms with Crippen LogP contribution in [0, 0.1) is 13.8 Å².